The quantitative estimate of drug-likeness (QED) is 0.727. The summed E-state index contributed by atoms with van der Waals surface area (Å²) in [6.45, 7) is 3.35. The van der Waals surface area contributed by atoms with E-state index in [9.17, 15) is 23.5 Å². The average molecular weight is 377 g/mol. The van der Waals surface area contributed by atoms with Crippen LogP contribution >= 0.6 is 0 Å². The van der Waals surface area contributed by atoms with Gasteiger partial charge in [-0.25, -0.2) is 4.39 Å². The summed E-state index contributed by atoms with van der Waals surface area (Å²) in [6.07, 6.45) is 0.333. The van der Waals surface area contributed by atoms with Crippen molar-refractivity contribution in [3.05, 3.63) is 58.2 Å². The smallest absolute Gasteiger partial charge is 0.224 e. The highest BCUT2D eigenvalue weighted by Crippen LogP contribution is 2.25. The van der Waals surface area contributed by atoms with Crippen molar-refractivity contribution in [2.24, 2.45) is 0 Å². The number of methoxy groups -OCH3 is 1. The predicted molar refractivity (Wildman–Crippen MR) is 96.2 cm³/mol. The topological polar surface area (TPSA) is 75.6 Å². The minimum Gasteiger partial charge on any atom is -0.508 e. The Kier molecular flexibility index (Phi) is 6.50. The zero-order valence-electron chi connectivity index (χ0n) is 15.4. The summed E-state index contributed by atoms with van der Waals surface area (Å²) in [5.74, 6) is -3.22. The molecule has 0 aromatic heterocycles. The lowest BCUT2D eigenvalue weighted by atomic mass is 9.96. The number of phenols is 1. The number of amides is 1. The number of carbonyl (C=O) groups excluding carboxylic acids is 2. The van der Waals surface area contributed by atoms with Crippen molar-refractivity contribution in [1.82, 2.24) is 5.32 Å². The Hall–Kier alpha value is -2.96. The number of ketones is 1. The van der Waals surface area contributed by atoms with Crippen LogP contribution in [0.5, 0.6) is 11.5 Å². The first-order valence-corrected chi connectivity index (χ1v) is 8.41. The molecule has 0 saturated carbocycles. The Morgan fingerprint density at radius 2 is 1.93 bits per heavy atom. The number of benzene rings is 2. The maximum atomic E-state index is 13.5. The summed E-state index contributed by atoms with van der Waals surface area (Å²) < 4.78 is 31.7. The highest BCUT2D eigenvalue weighted by molar-refractivity contribution is 6.01. The SMILES string of the molecule is CCc1c(C(=O)CNC(=O)Cc2cc(F)c(F)c(OC)c2)ccc(O)c1C. The number of halogens is 2. The van der Waals surface area contributed by atoms with Gasteiger partial charge in [-0.2, -0.15) is 4.39 Å². The van der Waals surface area contributed by atoms with E-state index in [1.165, 1.54) is 25.3 Å². The van der Waals surface area contributed by atoms with E-state index in [0.717, 1.165) is 11.6 Å². The van der Waals surface area contributed by atoms with Gasteiger partial charge in [0.2, 0.25) is 11.7 Å². The summed E-state index contributed by atoms with van der Waals surface area (Å²) >= 11 is 0. The summed E-state index contributed by atoms with van der Waals surface area (Å²) in [7, 11) is 1.20. The minimum absolute atomic E-state index is 0.111. The van der Waals surface area contributed by atoms with Crippen LogP contribution in [0.3, 0.4) is 0 Å². The van der Waals surface area contributed by atoms with E-state index in [1.807, 2.05) is 6.92 Å². The van der Waals surface area contributed by atoms with Crippen LogP contribution in [0.25, 0.3) is 0 Å². The molecule has 0 heterocycles. The molecule has 2 aromatic carbocycles. The molecule has 2 aromatic rings. The Labute approximate surface area is 156 Å². The molecule has 0 fully saturated rings. The monoisotopic (exact) mass is 377 g/mol. The van der Waals surface area contributed by atoms with E-state index >= 15 is 0 Å². The van der Waals surface area contributed by atoms with Gasteiger partial charge in [-0.05, 0) is 54.3 Å². The van der Waals surface area contributed by atoms with Crippen molar-refractivity contribution in [1.29, 1.82) is 0 Å². The first-order chi connectivity index (χ1) is 12.8. The van der Waals surface area contributed by atoms with E-state index in [-0.39, 0.29) is 35.8 Å². The van der Waals surface area contributed by atoms with Crippen molar-refractivity contribution in [2.75, 3.05) is 13.7 Å². The highest BCUT2D eigenvalue weighted by atomic mass is 19.2. The fourth-order valence-electron chi connectivity index (χ4n) is 2.85. The molecule has 1 amide bonds. The third-order valence-electron chi connectivity index (χ3n) is 4.31. The summed E-state index contributed by atoms with van der Waals surface area (Å²) in [5.41, 5.74) is 2.01. The molecule has 0 radical (unpaired) electrons. The second-order valence-corrected chi connectivity index (χ2v) is 6.06. The van der Waals surface area contributed by atoms with Crippen molar-refractivity contribution in [3.63, 3.8) is 0 Å². The lowest BCUT2D eigenvalue weighted by Gasteiger charge is -2.12. The standard InChI is InChI=1S/C20H21F2NO4/c1-4-13-11(2)16(24)6-5-14(13)17(25)10-23-19(26)9-12-7-15(21)20(22)18(8-12)27-3/h5-8,24H,4,9-10H2,1-3H3,(H,23,26). The highest BCUT2D eigenvalue weighted by Gasteiger charge is 2.17. The molecule has 144 valence electrons. The molecular formula is C20H21F2NO4. The largest absolute Gasteiger partial charge is 0.508 e. The number of hydrogen-bond donors (Lipinski definition) is 2. The maximum absolute atomic E-state index is 13.5. The molecule has 0 unspecified atom stereocenters. The zero-order valence-corrected chi connectivity index (χ0v) is 15.4. The van der Waals surface area contributed by atoms with Gasteiger partial charge >= 0.3 is 0 Å². The molecule has 27 heavy (non-hydrogen) atoms. The van der Waals surface area contributed by atoms with Gasteiger partial charge in [0.05, 0.1) is 20.1 Å². The van der Waals surface area contributed by atoms with Crippen LogP contribution in [-0.4, -0.2) is 30.5 Å². The van der Waals surface area contributed by atoms with Crippen molar-refractivity contribution < 1.29 is 28.2 Å². The molecule has 0 saturated heterocycles. The maximum Gasteiger partial charge on any atom is 0.224 e. The second kappa shape index (κ2) is 8.62. The molecule has 0 aliphatic carbocycles. The Bertz CT molecular complexity index is 881. The molecule has 7 heteroatoms. The fourth-order valence-corrected chi connectivity index (χ4v) is 2.85. The van der Waals surface area contributed by atoms with E-state index in [4.69, 9.17) is 4.74 Å². The Morgan fingerprint density at radius 1 is 1.22 bits per heavy atom. The van der Waals surface area contributed by atoms with Gasteiger partial charge in [-0.3, -0.25) is 9.59 Å². The van der Waals surface area contributed by atoms with Gasteiger partial charge in [0.1, 0.15) is 5.75 Å². The number of phenolic OH excluding ortho intramolecular Hbond substituents is 1. The molecule has 0 bridgehead atoms. The van der Waals surface area contributed by atoms with Gasteiger partial charge in [-0.1, -0.05) is 6.92 Å². The number of aromatic hydroxyl groups is 1. The zero-order chi connectivity index (χ0) is 20.1. The van der Waals surface area contributed by atoms with Crippen molar-refractivity contribution >= 4 is 11.7 Å². The minimum atomic E-state index is -1.12. The average Bonchev–Trinajstić information content (AvgIpc) is 2.64. The van der Waals surface area contributed by atoms with E-state index in [1.54, 1.807) is 6.92 Å². The first kappa shape index (κ1) is 20.4. The Morgan fingerprint density at radius 3 is 2.56 bits per heavy atom. The number of Topliss-reactive ketones (excluding diaryl/α,β-unsaturated/α-hetero) is 1. The lowest BCUT2D eigenvalue weighted by Crippen LogP contribution is -2.31. The summed E-state index contributed by atoms with van der Waals surface area (Å²) in [5, 5.41) is 12.2. The summed E-state index contributed by atoms with van der Waals surface area (Å²) in [6, 6.07) is 5.11. The molecule has 2 rings (SSSR count). The number of hydrogen-bond acceptors (Lipinski definition) is 4. The van der Waals surface area contributed by atoms with E-state index in [0.29, 0.717) is 17.5 Å². The van der Waals surface area contributed by atoms with Gasteiger partial charge in [0, 0.05) is 5.56 Å². The molecule has 5 nitrogen and oxygen atoms in total. The van der Waals surface area contributed by atoms with Gasteiger partial charge in [0.15, 0.2) is 17.3 Å². The normalized spacial score (nSPS) is 10.6. The second-order valence-electron chi connectivity index (χ2n) is 6.06. The van der Waals surface area contributed by atoms with Gasteiger partial charge in [0.25, 0.3) is 0 Å². The molecule has 2 N–H and O–H groups in total. The van der Waals surface area contributed by atoms with Gasteiger partial charge in [-0.15, -0.1) is 0 Å². The van der Waals surface area contributed by atoms with Crippen LogP contribution in [0.15, 0.2) is 24.3 Å². The molecule has 0 aliphatic rings. The third kappa shape index (κ3) is 4.61. The number of rotatable bonds is 7. The number of ether oxygens (including phenoxy) is 1. The summed E-state index contributed by atoms with van der Waals surface area (Å²) in [4.78, 5) is 24.5. The van der Waals surface area contributed by atoms with E-state index in [2.05, 4.69) is 5.32 Å². The molecular weight excluding hydrogens is 356 g/mol. The predicted octanol–water partition coefficient (Wildman–Crippen LogP) is 3.09. The first-order valence-electron chi connectivity index (χ1n) is 8.41. The number of carbonyl (C=O) groups is 2. The molecule has 0 aliphatic heterocycles. The number of nitrogens with one attached hydrogen (secondary N) is 1. The molecule has 0 atom stereocenters. The molecule has 0 spiro atoms. The van der Waals surface area contributed by atoms with E-state index < -0.39 is 17.5 Å². The lowest BCUT2D eigenvalue weighted by molar-refractivity contribution is -0.120. The van der Waals surface area contributed by atoms with Crippen LogP contribution in [0.2, 0.25) is 0 Å². The van der Waals surface area contributed by atoms with Crippen LogP contribution < -0.4 is 10.1 Å². The van der Waals surface area contributed by atoms with Crippen LogP contribution in [-0.2, 0) is 17.6 Å². The fraction of sp³-hybridized carbons (Fsp3) is 0.300. The van der Waals surface area contributed by atoms with Crippen LogP contribution in [0.1, 0.15) is 34.0 Å². The Balaban J connectivity index is 2.05. The van der Waals surface area contributed by atoms with Gasteiger partial charge < -0.3 is 15.2 Å². The third-order valence-corrected chi connectivity index (χ3v) is 4.31. The van der Waals surface area contributed by atoms with Crippen LogP contribution in [0, 0.1) is 18.6 Å². The van der Waals surface area contributed by atoms with Crippen LogP contribution in [0.4, 0.5) is 8.78 Å². The van der Waals surface area contributed by atoms with Crippen molar-refractivity contribution in [2.45, 2.75) is 26.7 Å². The van der Waals surface area contributed by atoms with Crippen molar-refractivity contribution in [3.8, 4) is 11.5 Å².